The van der Waals surface area contributed by atoms with Crippen molar-refractivity contribution >= 4 is 23.1 Å². The second-order valence-corrected chi connectivity index (χ2v) is 3.98. The van der Waals surface area contributed by atoms with Crippen LogP contribution in [0.25, 0.3) is 0 Å². The number of nitrogens with zero attached hydrogens (tertiary/aromatic N) is 1. The maximum atomic E-state index is 11.3. The summed E-state index contributed by atoms with van der Waals surface area (Å²) in [6.07, 6.45) is 0. The van der Waals surface area contributed by atoms with E-state index in [0.717, 1.165) is 12.2 Å². The van der Waals surface area contributed by atoms with Crippen LogP contribution in [0.5, 0.6) is 0 Å². The van der Waals surface area contributed by atoms with Crippen LogP contribution in [0.3, 0.4) is 0 Å². The van der Waals surface area contributed by atoms with E-state index in [0.29, 0.717) is 6.54 Å². The van der Waals surface area contributed by atoms with Gasteiger partial charge in [0.05, 0.1) is 5.69 Å². The van der Waals surface area contributed by atoms with Crippen LogP contribution in [0, 0.1) is 0 Å². The van der Waals surface area contributed by atoms with Crippen molar-refractivity contribution in [2.24, 2.45) is 0 Å². The molecule has 0 saturated heterocycles. The molecule has 5 heteroatoms. The molecule has 2 N–H and O–H groups in total. The summed E-state index contributed by atoms with van der Waals surface area (Å²) in [5.74, 6) is 0. The highest BCUT2D eigenvalue weighted by atomic mass is 32.1. The third kappa shape index (κ3) is 4.25. The van der Waals surface area contributed by atoms with Gasteiger partial charge in [0.2, 0.25) is 0 Å². The van der Waals surface area contributed by atoms with Gasteiger partial charge in [0.25, 0.3) is 0 Å². The van der Waals surface area contributed by atoms with Crippen molar-refractivity contribution < 1.29 is 4.79 Å². The Morgan fingerprint density at radius 1 is 1.57 bits per heavy atom. The molecule has 1 heterocycles. The number of thiophene rings is 1. The van der Waals surface area contributed by atoms with Crippen LogP contribution in [-0.4, -0.2) is 38.1 Å². The molecule has 0 bridgehead atoms. The van der Waals surface area contributed by atoms with Gasteiger partial charge < -0.3 is 15.5 Å². The molecule has 0 aromatic carbocycles. The monoisotopic (exact) mass is 213 g/mol. The topological polar surface area (TPSA) is 44.4 Å². The van der Waals surface area contributed by atoms with E-state index in [-0.39, 0.29) is 6.03 Å². The van der Waals surface area contributed by atoms with E-state index < -0.39 is 0 Å². The van der Waals surface area contributed by atoms with Gasteiger partial charge in [-0.3, -0.25) is 0 Å². The summed E-state index contributed by atoms with van der Waals surface area (Å²) >= 11 is 1.56. The summed E-state index contributed by atoms with van der Waals surface area (Å²) in [5.41, 5.74) is 0.845. The lowest BCUT2D eigenvalue weighted by atomic mass is 10.5. The molecular weight excluding hydrogens is 198 g/mol. The first-order valence-electron chi connectivity index (χ1n) is 4.40. The van der Waals surface area contributed by atoms with Gasteiger partial charge in [-0.2, -0.15) is 11.3 Å². The Morgan fingerprint density at radius 2 is 2.36 bits per heavy atom. The van der Waals surface area contributed by atoms with Gasteiger partial charge in [0.15, 0.2) is 0 Å². The molecule has 0 aliphatic heterocycles. The smallest absolute Gasteiger partial charge is 0.319 e. The van der Waals surface area contributed by atoms with Gasteiger partial charge in [0.1, 0.15) is 0 Å². The Morgan fingerprint density at radius 3 is 2.93 bits per heavy atom. The van der Waals surface area contributed by atoms with Crippen molar-refractivity contribution in [3.05, 3.63) is 16.8 Å². The molecule has 4 nitrogen and oxygen atoms in total. The number of urea groups is 1. The van der Waals surface area contributed by atoms with Crippen LogP contribution in [0.4, 0.5) is 10.5 Å². The van der Waals surface area contributed by atoms with E-state index >= 15 is 0 Å². The molecule has 0 spiro atoms. The SMILES string of the molecule is CN(C)CCNC(=O)Nc1ccsc1. The largest absolute Gasteiger partial charge is 0.337 e. The average molecular weight is 213 g/mol. The highest BCUT2D eigenvalue weighted by Crippen LogP contribution is 2.10. The van der Waals surface area contributed by atoms with Crippen molar-refractivity contribution in [1.82, 2.24) is 10.2 Å². The molecule has 2 amide bonds. The number of anilines is 1. The van der Waals surface area contributed by atoms with Gasteiger partial charge in [-0.25, -0.2) is 4.79 Å². The van der Waals surface area contributed by atoms with E-state index in [1.807, 2.05) is 35.8 Å². The molecule has 0 radical (unpaired) electrons. The first-order chi connectivity index (χ1) is 6.68. The zero-order valence-electron chi connectivity index (χ0n) is 8.41. The number of carbonyl (C=O) groups excluding carboxylic acids is 1. The quantitative estimate of drug-likeness (QED) is 0.794. The molecule has 14 heavy (non-hydrogen) atoms. The molecule has 0 fully saturated rings. The maximum absolute atomic E-state index is 11.3. The van der Waals surface area contributed by atoms with Gasteiger partial charge in [-0.05, 0) is 25.5 Å². The number of hydrogen-bond donors (Lipinski definition) is 2. The second kappa shape index (κ2) is 5.62. The zero-order chi connectivity index (χ0) is 10.4. The van der Waals surface area contributed by atoms with Crippen molar-refractivity contribution in [1.29, 1.82) is 0 Å². The van der Waals surface area contributed by atoms with Crippen LogP contribution in [0.2, 0.25) is 0 Å². The molecule has 0 unspecified atom stereocenters. The van der Waals surface area contributed by atoms with Crippen molar-refractivity contribution in [2.75, 3.05) is 32.5 Å². The molecule has 0 aliphatic rings. The third-order valence-electron chi connectivity index (χ3n) is 1.62. The molecule has 0 atom stereocenters. The second-order valence-electron chi connectivity index (χ2n) is 3.20. The summed E-state index contributed by atoms with van der Waals surface area (Å²) in [6.45, 7) is 1.50. The Kier molecular flexibility index (Phi) is 4.42. The highest BCUT2D eigenvalue weighted by Gasteiger charge is 2.00. The van der Waals surface area contributed by atoms with Crippen molar-refractivity contribution in [3.8, 4) is 0 Å². The van der Waals surface area contributed by atoms with Crippen LogP contribution >= 0.6 is 11.3 Å². The Labute approximate surface area is 87.9 Å². The van der Waals surface area contributed by atoms with Crippen LogP contribution < -0.4 is 10.6 Å². The fourth-order valence-corrected chi connectivity index (χ4v) is 1.49. The predicted molar refractivity (Wildman–Crippen MR) is 59.9 cm³/mol. The molecule has 1 aromatic heterocycles. The van der Waals surface area contributed by atoms with Crippen molar-refractivity contribution in [3.63, 3.8) is 0 Å². The van der Waals surface area contributed by atoms with Gasteiger partial charge in [0, 0.05) is 18.5 Å². The lowest BCUT2D eigenvalue weighted by Crippen LogP contribution is -2.34. The molecule has 0 saturated carbocycles. The first kappa shape index (κ1) is 11.0. The van der Waals surface area contributed by atoms with Crippen LogP contribution in [0.1, 0.15) is 0 Å². The minimum Gasteiger partial charge on any atom is -0.337 e. The van der Waals surface area contributed by atoms with Gasteiger partial charge >= 0.3 is 6.03 Å². The lowest BCUT2D eigenvalue weighted by Gasteiger charge is -2.10. The summed E-state index contributed by atoms with van der Waals surface area (Å²) in [6, 6.07) is 1.72. The number of amides is 2. The van der Waals surface area contributed by atoms with Crippen molar-refractivity contribution in [2.45, 2.75) is 0 Å². The Hall–Kier alpha value is -1.07. The third-order valence-corrected chi connectivity index (χ3v) is 2.31. The van der Waals surface area contributed by atoms with E-state index in [1.165, 1.54) is 0 Å². The maximum Gasteiger partial charge on any atom is 0.319 e. The van der Waals surface area contributed by atoms with E-state index in [9.17, 15) is 4.79 Å². The van der Waals surface area contributed by atoms with E-state index in [4.69, 9.17) is 0 Å². The Bertz CT molecular complexity index is 272. The van der Waals surface area contributed by atoms with E-state index in [2.05, 4.69) is 10.6 Å². The number of likely N-dealkylation sites (N-methyl/N-ethyl adjacent to an activating group) is 1. The number of rotatable bonds is 4. The summed E-state index contributed by atoms with van der Waals surface area (Å²) in [5, 5.41) is 9.32. The number of carbonyl (C=O) groups is 1. The fraction of sp³-hybridized carbons (Fsp3) is 0.444. The first-order valence-corrected chi connectivity index (χ1v) is 5.34. The normalized spacial score (nSPS) is 10.2. The molecular formula is C9H15N3OS. The zero-order valence-corrected chi connectivity index (χ0v) is 9.23. The molecule has 1 rings (SSSR count). The summed E-state index contributed by atoms with van der Waals surface area (Å²) in [7, 11) is 3.94. The summed E-state index contributed by atoms with van der Waals surface area (Å²) in [4.78, 5) is 13.3. The molecule has 0 aliphatic carbocycles. The standard InChI is InChI=1S/C9H15N3OS/c1-12(2)5-4-10-9(13)11-8-3-6-14-7-8/h3,6-7H,4-5H2,1-2H3,(H2,10,11,13). The van der Waals surface area contributed by atoms with Crippen LogP contribution in [-0.2, 0) is 0 Å². The Balaban J connectivity index is 2.17. The van der Waals surface area contributed by atoms with Gasteiger partial charge in [-0.15, -0.1) is 0 Å². The van der Waals surface area contributed by atoms with Crippen LogP contribution in [0.15, 0.2) is 16.8 Å². The van der Waals surface area contributed by atoms with Gasteiger partial charge in [-0.1, -0.05) is 0 Å². The summed E-state index contributed by atoms with van der Waals surface area (Å²) < 4.78 is 0. The minimum atomic E-state index is -0.148. The number of nitrogens with one attached hydrogen (secondary N) is 2. The molecule has 1 aromatic rings. The predicted octanol–water partition coefficient (Wildman–Crippen LogP) is 1.43. The minimum absolute atomic E-state index is 0.148. The number of hydrogen-bond acceptors (Lipinski definition) is 3. The molecule has 78 valence electrons. The van der Waals surface area contributed by atoms with E-state index in [1.54, 1.807) is 11.3 Å². The fourth-order valence-electron chi connectivity index (χ4n) is 0.904. The highest BCUT2D eigenvalue weighted by molar-refractivity contribution is 7.08. The average Bonchev–Trinajstić information content (AvgIpc) is 2.56. The lowest BCUT2D eigenvalue weighted by molar-refractivity contribution is 0.250.